The highest BCUT2D eigenvalue weighted by Gasteiger charge is 2.19. The van der Waals surface area contributed by atoms with E-state index in [4.69, 9.17) is 14.2 Å². The minimum Gasteiger partial charge on any atom is -0.462 e. The summed E-state index contributed by atoms with van der Waals surface area (Å²) in [5.74, 6) is -0.917. The summed E-state index contributed by atoms with van der Waals surface area (Å²) < 4.78 is 16.8. The van der Waals surface area contributed by atoms with Crippen molar-refractivity contribution >= 4 is 17.9 Å². The third kappa shape index (κ3) is 60.4. The molecule has 0 aromatic carbocycles. The van der Waals surface area contributed by atoms with Crippen molar-refractivity contribution < 1.29 is 28.6 Å². The van der Waals surface area contributed by atoms with E-state index in [0.29, 0.717) is 19.3 Å². The lowest BCUT2D eigenvalue weighted by atomic mass is 10.1. The summed E-state index contributed by atoms with van der Waals surface area (Å²) in [6.45, 7) is 6.42. The maximum absolute atomic E-state index is 12.8. The maximum Gasteiger partial charge on any atom is 0.306 e. The zero-order valence-electron chi connectivity index (χ0n) is 49.2. The normalized spacial score (nSPS) is 13.0. The van der Waals surface area contributed by atoms with E-state index in [-0.39, 0.29) is 31.1 Å². The zero-order chi connectivity index (χ0) is 55.0. The standard InChI is InChI=1S/C70H114O6/c1-4-7-10-13-16-18-20-22-24-26-27-28-29-30-31-32-33-34-35-36-37-38-39-40-41-42-43-45-46-48-50-52-54-57-60-63-69(72)75-66-67(65-74-68(71)62-59-56-15-12-9-6-3)76-70(73)64-61-58-55-53-51-49-47-44-25-23-21-19-17-14-11-8-5-2/h7,10,16-19,22-25,27-28,30-31,33-34,36-37,39-40,42-43,67H,4-6,8-9,11-15,20-21,26,29,32,35,38,41,44-66H2,1-3H3/b10-7-,18-16-,19-17-,24-22-,25-23-,28-27-,31-30-,34-33-,37-36-,40-39-,43-42-. The fourth-order valence-corrected chi connectivity index (χ4v) is 8.23. The smallest absolute Gasteiger partial charge is 0.306 e. The summed E-state index contributed by atoms with van der Waals surface area (Å²) in [5, 5.41) is 0. The van der Waals surface area contributed by atoms with Gasteiger partial charge < -0.3 is 14.2 Å². The van der Waals surface area contributed by atoms with Crippen LogP contribution in [0.15, 0.2) is 134 Å². The average Bonchev–Trinajstić information content (AvgIpc) is 3.42. The van der Waals surface area contributed by atoms with Gasteiger partial charge in [0.1, 0.15) is 13.2 Å². The zero-order valence-corrected chi connectivity index (χ0v) is 49.2. The van der Waals surface area contributed by atoms with Crippen LogP contribution in [0.1, 0.15) is 271 Å². The molecule has 76 heavy (non-hydrogen) atoms. The number of hydrogen-bond donors (Lipinski definition) is 0. The highest BCUT2D eigenvalue weighted by Crippen LogP contribution is 2.14. The lowest BCUT2D eigenvalue weighted by molar-refractivity contribution is -0.167. The first kappa shape index (κ1) is 71.5. The summed E-state index contributed by atoms with van der Waals surface area (Å²) >= 11 is 0. The van der Waals surface area contributed by atoms with Crippen LogP contribution in [0.25, 0.3) is 0 Å². The number of hydrogen-bond acceptors (Lipinski definition) is 6. The molecule has 0 aromatic heterocycles. The van der Waals surface area contributed by atoms with Gasteiger partial charge in [0, 0.05) is 19.3 Å². The van der Waals surface area contributed by atoms with E-state index in [1.807, 2.05) is 0 Å². The van der Waals surface area contributed by atoms with Gasteiger partial charge in [-0.05, 0) is 122 Å². The van der Waals surface area contributed by atoms with E-state index >= 15 is 0 Å². The Balaban J connectivity index is 4.13. The molecule has 0 rings (SSSR count). The van der Waals surface area contributed by atoms with Crippen LogP contribution in [0.3, 0.4) is 0 Å². The molecule has 1 atom stereocenters. The molecule has 0 heterocycles. The van der Waals surface area contributed by atoms with Crippen molar-refractivity contribution in [3.05, 3.63) is 134 Å². The maximum atomic E-state index is 12.8. The summed E-state index contributed by atoms with van der Waals surface area (Å²) in [6.07, 6.45) is 89.1. The Kier molecular flexibility index (Phi) is 59.4. The molecule has 0 fully saturated rings. The van der Waals surface area contributed by atoms with Gasteiger partial charge in [0.05, 0.1) is 0 Å². The van der Waals surface area contributed by atoms with Crippen LogP contribution < -0.4 is 0 Å². The first-order valence-electron chi connectivity index (χ1n) is 31.2. The average molecular weight is 1050 g/mol. The van der Waals surface area contributed by atoms with Gasteiger partial charge in [-0.15, -0.1) is 0 Å². The molecule has 0 saturated heterocycles. The van der Waals surface area contributed by atoms with Gasteiger partial charge in [-0.2, -0.15) is 0 Å². The van der Waals surface area contributed by atoms with E-state index in [2.05, 4.69) is 154 Å². The minimum absolute atomic E-state index is 0.0867. The van der Waals surface area contributed by atoms with Crippen LogP contribution in [0, 0.1) is 0 Å². The molecule has 0 saturated carbocycles. The van der Waals surface area contributed by atoms with Crippen LogP contribution in [-0.4, -0.2) is 37.2 Å². The number of carbonyl (C=O) groups is 3. The predicted octanol–water partition coefficient (Wildman–Crippen LogP) is 21.4. The molecule has 0 aromatic rings. The Bertz CT molecular complexity index is 1630. The third-order valence-corrected chi connectivity index (χ3v) is 12.9. The SMILES string of the molecule is CC/C=C\C/C=C\C/C=C\C/C=C\C/C=C\C/C=C\C/C=C\C/C=C\C/C=C\CCCCCCCCCC(=O)OCC(COC(=O)CCCCCCCC)OC(=O)CCCCCCCCC/C=C\C/C=C\CCCCC. The monoisotopic (exact) mass is 1050 g/mol. The first-order valence-corrected chi connectivity index (χ1v) is 31.2. The second kappa shape index (κ2) is 63.1. The summed E-state index contributed by atoms with van der Waals surface area (Å²) in [4.78, 5) is 37.9. The molecule has 0 bridgehead atoms. The highest BCUT2D eigenvalue weighted by molar-refractivity contribution is 5.71. The number of unbranched alkanes of at least 4 members (excludes halogenated alkanes) is 22. The lowest BCUT2D eigenvalue weighted by Gasteiger charge is -2.18. The topological polar surface area (TPSA) is 78.9 Å². The van der Waals surface area contributed by atoms with E-state index < -0.39 is 6.10 Å². The van der Waals surface area contributed by atoms with Crippen molar-refractivity contribution in [1.82, 2.24) is 0 Å². The number of carbonyl (C=O) groups excluding carboxylic acids is 3. The molecule has 0 N–H and O–H groups in total. The molecule has 0 spiro atoms. The van der Waals surface area contributed by atoms with E-state index in [9.17, 15) is 14.4 Å². The third-order valence-electron chi connectivity index (χ3n) is 12.9. The van der Waals surface area contributed by atoms with Crippen molar-refractivity contribution in [3.63, 3.8) is 0 Å². The Morgan fingerprint density at radius 2 is 0.513 bits per heavy atom. The molecule has 0 aliphatic heterocycles. The van der Waals surface area contributed by atoms with E-state index in [1.54, 1.807) is 0 Å². The van der Waals surface area contributed by atoms with Gasteiger partial charge in [0.25, 0.3) is 0 Å². The minimum atomic E-state index is -0.787. The fraction of sp³-hybridized carbons (Fsp3) is 0.643. The number of rotatable bonds is 55. The quantitative estimate of drug-likeness (QED) is 0.0261. The molecule has 6 heteroatoms. The van der Waals surface area contributed by atoms with Gasteiger partial charge in [-0.1, -0.05) is 264 Å². The first-order chi connectivity index (χ1) is 37.5. The van der Waals surface area contributed by atoms with E-state index in [1.165, 1.54) is 96.3 Å². The van der Waals surface area contributed by atoms with Crippen molar-refractivity contribution in [1.29, 1.82) is 0 Å². The molecule has 0 aliphatic rings. The second-order valence-electron chi connectivity index (χ2n) is 20.2. The molecule has 1 unspecified atom stereocenters. The largest absolute Gasteiger partial charge is 0.462 e. The van der Waals surface area contributed by atoms with Crippen LogP contribution >= 0.6 is 0 Å². The van der Waals surface area contributed by atoms with E-state index in [0.717, 1.165) is 135 Å². The number of esters is 3. The summed E-state index contributed by atoms with van der Waals surface area (Å²) in [6, 6.07) is 0. The lowest BCUT2D eigenvalue weighted by Crippen LogP contribution is -2.30. The van der Waals surface area contributed by atoms with Gasteiger partial charge >= 0.3 is 17.9 Å². The predicted molar refractivity (Wildman–Crippen MR) is 329 cm³/mol. The van der Waals surface area contributed by atoms with Gasteiger partial charge in [0.2, 0.25) is 0 Å². The molecule has 430 valence electrons. The van der Waals surface area contributed by atoms with Crippen LogP contribution in [0.5, 0.6) is 0 Å². The van der Waals surface area contributed by atoms with Crippen molar-refractivity contribution in [2.45, 2.75) is 277 Å². The highest BCUT2D eigenvalue weighted by atomic mass is 16.6. The Labute approximate surface area is 468 Å². The van der Waals surface area contributed by atoms with Gasteiger partial charge in [-0.25, -0.2) is 0 Å². The Morgan fingerprint density at radius 3 is 0.829 bits per heavy atom. The molecular formula is C70H114O6. The number of ether oxygens (including phenoxy) is 3. The van der Waals surface area contributed by atoms with Crippen molar-refractivity contribution in [2.75, 3.05) is 13.2 Å². The van der Waals surface area contributed by atoms with Gasteiger partial charge in [0.15, 0.2) is 6.10 Å². The second-order valence-corrected chi connectivity index (χ2v) is 20.2. The summed E-state index contributed by atoms with van der Waals surface area (Å²) in [7, 11) is 0. The molecule has 0 amide bonds. The molecule has 0 radical (unpaired) electrons. The van der Waals surface area contributed by atoms with Gasteiger partial charge in [-0.3, -0.25) is 14.4 Å². The van der Waals surface area contributed by atoms with Crippen molar-refractivity contribution in [2.24, 2.45) is 0 Å². The Hall–Kier alpha value is -4.45. The number of allylic oxidation sites excluding steroid dienone is 22. The molecule has 6 nitrogen and oxygen atoms in total. The molecule has 0 aliphatic carbocycles. The van der Waals surface area contributed by atoms with Crippen LogP contribution in [-0.2, 0) is 28.6 Å². The van der Waals surface area contributed by atoms with Crippen molar-refractivity contribution in [3.8, 4) is 0 Å². The fourth-order valence-electron chi connectivity index (χ4n) is 8.23. The van der Waals surface area contributed by atoms with Crippen LogP contribution in [0.2, 0.25) is 0 Å². The molecular weight excluding hydrogens is 937 g/mol. The van der Waals surface area contributed by atoms with Crippen LogP contribution in [0.4, 0.5) is 0 Å². The Morgan fingerprint density at radius 1 is 0.276 bits per heavy atom. The summed E-state index contributed by atoms with van der Waals surface area (Å²) in [5.41, 5.74) is 0.